The zero-order valence-corrected chi connectivity index (χ0v) is 29.4. The fourth-order valence-corrected chi connectivity index (χ4v) is 13.3. The Kier molecular flexibility index (Phi) is 5.42. The SMILES string of the molecule is c1ccc(-c2nc(-c3c4c(cc5sc6c7ccccc7ccc6c35)C3(c5ccccc5-4)C4CC5CC(C4)CC3C5)nc3c2oc2ccccc23)cc1. The Labute approximate surface area is 305 Å². The van der Waals surface area contributed by atoms with Crippen LogP contribution in [0.5, 0.6) is 0 Å². The van der Waals surface area contributed by atoms with Crippen molar-refractivity contribution in [3.63, 3.8) is 0 Å². The molecule has 3 aromatic heterocycles. The maximum Gasteiger partial charge on any atom is 0.180 e. The van der Waals surface area contributed by atoms with Gasteiger partial charge in [-0.1, -0.05) is 103 Å². The fraction of sp³-hybridized carbons (Fsp3) is 0.208. The molecule has 0 saturated heterocycles. The monoisotopic (exact) mass is 686 g/mol. The van der Waals surface area contributed by atoms with Crippen LogP contribution in [0, 0.1) is 23.7 Å². The van der Waals surface area contributed by atoms with Gasteiger partial charge in [-0.05, 0) is 107 Å². The number of furan rings is 1. The van der Waals surface area contributed by atoms with Gasteiger partial charge in [0, 0.05) is 42.1 Å². The van der Waals surface area contributed by atoms with Gasteiger partial charge in [0.15, 0.2) is 11.4 Å². The summed E-state index contributed by atoms with van der Waals surface area (Å²) in [6.45, 7) is 0. The normalized spacial score (nSPS) is 24.2. The van der Waals surface area contributed by atoms with Crippen molar-refractivity contribution in [3.05, 3.63) is 132 Å². The van der Waals surface area contributed by atoms with Crippen molar-refractivity contribution in [2.45, 2.75) is 37.5 Å². The number of aromatic nitrogens is 2. The molecule has 5 aliphatic rings. The van der Waals surface area contributed by atoms with Crippen LogP contribution < -0.4 is 0 Å². The summed E-state index contributed by atoms with van der Waals surface area (Å²) in [7, 11) is 0. The molecule has 1 spiro atoms. The quantitative estimate of drug-likeness (QED) is 0.182. The molecule has 4 bridgehead atoms. The van der Waals surface area contributed by atoms with Crippen LogP contribution in [-0.2, 0) is 5.41 Å². The number of fused-ring (bicyclic) bond motifs is 11. The van der Waals surface area contributed by atoms with Crippen molar-refractivity contribution < 1.29 is 4.42 Å². The van der Waals surface area contributed by atoms with E-state index in [1.165, 1.54) is 79.7 Å². The van der Waals surface area contributed by atoms with Gasteiger partial charge < -0.3 is 4.42 Å². The van der Waals surface area contributed by atoms with Gasteiger partial charge >= 0.3 is 0 Å². The van der Waals surface area contributed by atoms with Crippen molar-refractivity contribution in [2.75, 3.05) is 0 Å². The highest BCUT2D eigenvalue weighted by Crippen LogP contribution is 2.71. The Balaban J connectivity index is 1.23. The molecule has 0 aliphatic heterocycles. The Hall–Kier alpha value is -5.32. The Morgan fingerprint density at radius 1 is 0.615 bits per heavy atom. The number of hydrogen-bond acceptors (Lipinski definition) is 4. The Morgan fingerprint density at radius 3 is 2.19 bits per heavy atom. The molecule has 14 rings (SSSR count). The first-order valence-corrected chi connectivity index (χ1v) is 19.8. The summed E-state index contributed by atoms with van der Waals surface area (Å²) >= 11 is 1.96. The van der Waals surface area contributed by atoms with E-state index in [0.29, 0.717) is 11.8 Å². The zero-order valence-electron chi connectivity index (χ0n) is 28.6. The van der Waals surface area contributed by atoms with E-state index in [1.54, 1.807) is 11.1 Å². The lowest BCUT2D eigenvalue weighted by Crippen LogP contribution is -2.55. The first-order valence-electron chi connectivity index (χ1n) is 19.0. The lowest BCUT2D eigenvalue weighted by Gasteiger charge is -2.61. The number of para-hydroxylation sites is 1. The summed E-state index contributed by atoms with van der Waals surface area (Å²) in [6, 6.07) is 44.5. The minimum Gasteiger partial charge on any atom is -0.452 e. The third-order valence-electron chi connectivity index (χ3n) is 13.7. The van der Waals surface area contributed by atoms with Gasteiger partial charge in [0.05, 0.1) is 0 Å². The van der Waals surface area contributed by atoms with Crippen molar-refractivity contribution >= 4 is 64.4 Å². The van der Waals surface area contributed by atoms with E-state index >= 15 is 0 Å². The lowest BCUT2D eigenvalue weighted by molar-refractivity contribution is -0.0398. The van der Waals surface area contributed by atoms with Crippen LogP contribution in [0.1, 0.15) is 43.2 Å². The topological polar surface area (TPSA) is 38.9 Å². The van der Waals surface area contributed by atoms with Crippen LogP contribution in [0.3, 0.4) is 0 Å². The fourth-order valence-electron chi connectivity index (χ4n) is 12.0. The molecule has 4 fully saturated rings. The van der Waals surface area contributed by atoms with E-state index in [0.717, 1.165) is 51.0 Å². The molecular formula is C48H34N2OS. The second-order valence-corrected chi connectivity index (χ2v) is 17.1. The number of thiophene rings is 1. The molecular weight excluding hydrogens is 653 g/mol. The largest absolute Gasteiger partial charge is 0.452 e. The van der Waals surface area contributed by atoms with Gasteiger partial charge in [-0.25, -0.2) is 9.97 Å². The highest BCUT2D eigenvalue weighted by molar-refractivity contribution is 7.26. The van der Waals surface area contributed by atoms with E-state index in [-0.39, 0.29) is 5.41 Å². The second-order valence-electron chi connectivity index (χ2n) is 16.1. The molecule has 3 nitrogen and oxygen atoms in total. The molecule has 3 heterocycles. The van der Waals surface area contributed by atoms with Crippen molar-refractivity contribution in [1.29, 1.82) is 0 Å². The first kappa shape index (κ1) is 28.3. The van der Waals surface area contributed by atoms with E-state index in [9.17, 15) is 0 Å². The van der Waals surface area contributed by atoms with Gasteiger partial charge in [-0.3, -0.25) is 0 Å². The summed E-state index contributed by atoms with van der Waals surface area (Å²) in [4.78, 5) is 11.2. The molecule has 0 radical (unpaired) electrons. The summed E-state index contributed by atoms with van der Waals surface area (Å²) in [6.07, 6.45) is 6.86. The summed E-state index contributed by atoms with van der Waals surface area (Å²) in [5, 5.41) is 6.21. The standard InChI is InChI=1S/C48H34N2OS/c1-2-11-29(12-3-1)43-45-44(34-15-7-9-17-38(34)51-45)50-47(49-43)42-40-33-14-6-8-16-36(33)48(30-21-26-20-27(23-30)24-31(48)22-26)37(40)25-39-41(42)35-19-18-28-10-4-5-13-32(28)46(35)52-39/h1-19,25-27,30-31H,20-24H2. The lowest BCUT2D eigenvalue weighted by atomic mass is 9.43. The van der Waals surface area contributed by atoms with Gasteiger partial charge in [0.25, 0.3) is 0 Å². The van der Waals surface area contributed by atoms with Crippen molar-refractivity contribution in [1.82, 2.24) is 9.97 Å². The van der Waals surface area contributed by atoms with Gasteiger partial charge in [-0.2, -0.15) is 0 Å². The Bertz CT molecular complexity index is 2960. The Morgan fingerprint density at radius 2 is 1.35 bits per heavy atom. The van der Waals surface area contributed by atoms with Crippen LogP contribution in [0.15, 0.2) is 126 Å². The molecule has 9 aromatic rings. The molecule has 5 aliphatic carbocycles. The number of hydrogen-bond donors (Lipinski definition) is 0. The number of rotatable bonds is 2. The highest BCUT2D eigenvalue weighted by Gasteiger charge is 2.62. The molecule has 248 valence electrons. The number of nitrogens with zero attached hydrogens (tertiary/aromatic N) is 2. The minimum absolute atomic E-state index is 0.0369. The van der Waals surface area contributed by atoms with Crippen LogP contribution in [0.4, 0.5) is 0 Å². The maximum atomic E-state index is 6.60. The van der Waals surface area contributed by atoms with Crippen LogP contribution in [0.25, 0.3) is 86.8 Å². The zero-order chi connectivity index (χ0) is 33.7. The van der Waals surface area contributed by atoms with Crippen LogP contribution >= 0.6 is 11.3 Å². The van der Waals surface area contributed by atoms with E-state index in [2.05, 4.69) is 109 Å². The average molecular weight is 687 g/mol. The smallest absolute Gasteiger partial charge is 0.180 e. The van der Waals surface area contributed by atoms with Crippen molar-refractivity contribution in [2.24, 2.45) is 23.7 Å². The summed E-state index contributed by atoms with van der Waals surface area (Å²) in [5.74, 6) is 3.91. The first-order chi connectivity index (χ1) is 25.7. The molecule has 0 atom stereocenters. The minimum atomic E-state index is 0.0369. The third kappa shape index (κ3) is 3.47. The summed E-state index contributed by atoms with van der Waals surface area (Å²) < 4.78 is 9.30. The van der Waals surface area contributed by atoms with E-state index in [1.807, 2.05) is 23.5 Å². The predicted molar refractivity (Wildman–Crippen MR) is 214 cm³/mol. The second kappa shape index (κ2) is 9.96. The van der Waals surface area contributed by atoms with Gasteiger partial charge in [0.2, 0.25) is 0 Å². The predicted octanol–water partition coefficient (Wildman–Crippen LogP) is 13.0. The van der Waals surface area contributed by atoms with Gasteiger partial charge in [-0.15, -0.1) is 11.3 Å². The summed E-state index contributed by atoms with van der Waals surface area (Å²) in [5.41, 5.74) is 11.5. The molecule has 4 heteroatoms. The average Bonchev–Trinajstić information content (AvgIpc) is 3.84. The highest BCUT2D eigenvalue weighted by atomic mass is 32.1. The maximum absolute atomic E-state index is 6.60. The molecule has 0 unspecified atom stereocenters. The molecule has 0 amide bonds. The third-order valence-corrected chi connectivity index (χ3v) is 14.8. The van der Waals surface area contributed by atoms with Crippen LogP contribution in [0.2, 0.25) is 0 Å². The molecule has 6 aromatic carbocycles. The van der Waals surface area contributed by atoms with Crippen molar-refractivity contribution in [3.8, 4) is 33.8 Å². The number of benzene rings is 6. The van der Waals surface area contributed by atoms with Gasteiger partial charge in [0.1, 0.15) is 16.8 Å². The van der Waals surface area contributed by atoms with Crippen LogP contribution in [-0.4, -0.2) is 9.97 Å². The molecule has 0 N–H and O–H groups in total. The molecule has 52 heavy (non-hydrogen) atoms. The van der Waals surface area contributed by atoms with E-state index in [4.69, 9.17) is 14.4 Å². The van der Waals surface area contributed by atoms with E-state index < -0.39 is 0 Å². The molecule has 4 saturated carbocycles.